The molecule has 3 N–H and O–H groups in total. The molecule has 106 valence electrons. The van der Waals surface area contributed by atoms with E-state index in [1.54, 1.807) is 36.7 Å². The molecule has 0 amide bonds. The molecule has 2 heterocycles. The Kier molecular flexibility index (Phi) is 3.51. The molecule has 3 aromatic rings. The number of rotatable bonds is 4. The lowest BCUT2D eigenvalue weighted by atomic mass is 10.0. The van der Waals surface area contributed by atoms with Crippen molar-refractivity contribution in [1.82, 2.24) is 9.97 Å². The van der Waals surface area contributed by atoms with Gasteiger partial charge in [-0.25, -0.2) is 9.19 Å². The molecule has 0 fully saturated rings. The maximum atomic E-state index is 12.5. The largest absolute Gasteiger partial charge is 0.345 e. The molecule has 0 spiro atoms. The molecule has 7 heteroatoms. The van der Waals surface area contributed by atoms with Crippen LogP contribution >= 0.6 is 0 Å². The van der Waals surface area contributed by atoms with E-state index < -0.39 is 11.3 Å². The molecule has 0 saturated heterocycles. The van der Waals surface area contributed by atoms with Crippen molar-refractivity contribution in [3.05, 3.63) is 59.9 Å². The van der Waals surface area contributed by atoms with Gasteiger partial charge in [0.1, 0.15) is 5.65 Å². The Morgan fingerprint density at radius 2 is 2.14 bits per heavy atom. The Hall–Kier alpha value is -2.51. The zero-order valence-electron chi connectivity index (χ0n) is 10.7. The number of aromatic nitrogens is 2. The van der Waals surface area contributed by atoms with E-state index in [1.165, 1.54) is 6.07 Å². The second kappa shape index (κ2) is 5.47. The van der Waals surface area contributed by atoms with Crippen LogP contribution in [0.15, 0.2) is 48.8 Å². The van der Waals surface area contributed by atoms with Crippen molar-refractivity contribution in [2.24, 2.45) is 0 Å². The van der Waals surface area contributed by atoms with E-state index in [4.69, 9.17) is 4.55 Å². The van der Waals surface area contributed by atoms with Gasteiger partial charge in [0.15, 0.2) is 5.78 Å². The third kappa shape index (κ3) is 2.69. The zero-order chi connectivity index (χ0) is 14.8. The fourth-order valence-corrected chi connectivity index (χ4v) is 2.45. The van der Waals surface area contributed by atoms with Gasteiger partial charge in [-0.1, -0.05) is 12.1 Å². The van der Waals surface area contributed by atoms with E-state index in [2.05, 4.69) is 14.7 Å². The summed E-state index contributed by atoms with van der Waals surface area (Å²) in [5.74, 6) is -0.179. The lowest BCUT2D eigenvalue weighted by Crippen LogP contribution is -2.05. The number of aromatic amines is 1. The summed E-state index contributed by atoms with van der Waals surface area (Å²) >= 11 is -2.17. The first-order valence-electron chi connectivity index (χ1n) is 6.09. The fraction of sp³-hybridized carbons (Fsp3) is 0. The maximum absolute atomic E-state index is 12.5. The van der Waals surface area contributed by atoms with Crippen LogP contribution < -0.4 is 4.72 Å². The van der Waals surface area contributed by atoms with Gasteiger partial charge in [-0.3, -0.25) is 14.1 Å². The normalized spacial score (nSPS) is 12.2. The van der Waals surface area contributed by atoms with E-state index in [-0.39, 0.29) is 5.78 Å². The van der Waals surface area contributed by atoms with Crippen LogP contribution in [0.25, 0.3) is 11.0 Å². The van der Waals surface area contributed by atoms with E-state index in [0.29, 0.717) is 22.5 Å². The Labute approximate surface area is 122 Å². The van der Waals surface area contributed by atoms with Gasteiger partial charge < -0.3 is 4.98 Å². The van der Waals surface area contributed by atoms with Gasteiger partial charge in [-0.2, -0.15) is 0 Å². The molecule has 0 saturated carbocycles. The second-order valence-corrected chi connectivity index (χ2v) is 5.07. The van der Waals surface area contributed by atoms with Gasteiger partial charge in [0.05, 0.1) is 0 Å². The Morgan fingerprint density at radius 1 is 1.29 bits per heavy atom. The van der Waals surface area contributed by atoms with E-state index in [1.807, 2.05) is 6.07 Å². The summed E-state index contributed by atoms with van der Waals surface area (Å²) in [5, 5.41) is 0.742. The molecule has 2 aromatic heterocycles. The summed E-state index contributed by atoms with van der Waals surface area (Å²) in [4.78, 5) is 19.6. The molecule has 0 radical (unpaired) electrons. The first kappa shape index (κ1) is 13.5. The van der Waals surface area contributed by atoms with Crippen molar-refractivity contribution < 1.29 is 13.6 Å². The zero-order valence-corrected chi connectivity index (χ0v) is 11.6. The number of benzene rings is 1. The number of hydrogen-bond donors (Lipinski definition) is 3. The van der Waals surface area contributed by atoms with Crippen LogP contribution in [-0.2, 0) is 11.3 Å². The van der Waals surface area contributed by atoms with E-state index >= 15 is 0 Å². The van der Waals surface area contributed by atoms with Crippen molar-refractivity contribution in [1.29, 1.82) is 0 Å². The molecule has 21 heavy (non-hydrogen) atoms. The third-order valence-corrected chi connectivity index (χ3v) is 3.44. The second-order valence-electron chi connectivity index (χ2n) is 4.36. The number of pyridine rings is 1. The summed E-state index contributed by atoms with van der Waals surface area (Å²) in [6.45, 7) is 0. The number of hydrogen-bond acceptors (Lipinski definition) is 3. The van der Waals surface area contributed by atoms with Crippen LogP contribution in [0, 0.1) is 0 Å². The molecule has 1 unspecified atom stereocenters. The highest BCUT2D eigenvalue weighted by Gasteiger charge is 2.15. The molecule has 0 bridgehead atoms. The minimum atomic E-state index is -2.17. The Morgan fingerprint density at radius 3 is 2.95 bits per heavy atom. The monoisotopic (exact) mass is 301 g/mol. The highest BCUT2D eigenvalue weighted by Crippen LogP contribution is 2.21. The first-order valence-corrected chi connectivity index (χ1v) is 7.20. The first-order chi connectivity index (χ1) is 10.1. The number of anilines is 1. The molecule has 3 rings (SSSR count). The summed E-state index contributed by atoms with van der Waals surface area (Å²) in [7, 11) is 0. The number of fused-ring (bicyclic) bond motifs is 1. The predicted octanol–water partition coefficient (Wildman–Crippen LogP) is 2.34. The minimum absolute atomic E-state index is 0.179. The quantitative estimate of drug-likeness (QED) is 0.509. The SMILES string of the molecule is O=C(c1cccc(NS(=O)O)c1)c1c[nH]c2ncccc12. The van der Waals surface area contributed by atoms with Crippen molar-refractivity contribution in [2.75, 3.05) is 4.72 Å². The number of H-pyrrole nitrogens is 1. The van der Waals surface area contributed by atoms with Crippen molar-refractivity contribution >= 4 is 33.8 Å². The number of ketones is 1. The molecule has 1 atom stereocenters. The van der Waals surface area contributed by atoms with E-state index in [9.17, 15) is 9.00 Å². The van der Waals surface area contributed by atoms with Crippen LogP contribution in [0.1, 0.15) is 15.9 Å². The van der Waals surface area contributed by atoms with Crippen molar-refractivity contribution in [3.63, 3.8) is 0 Å². The highest BCUT2D eigenvalue weighted by molar-refractivity contribution is 7.80. The molecule has 0 aliphatic rings. The average Bonchev–Trinajstić information content (AvgIpc) is 2.90. The van der Waals surface area contributed by atoms with Crippen LogP contribution in [-0.4, -0.2) is 24.5 Å². The average molecular weight is 301 g/mol. The summed E-state index contributed by atoms with van der Waals surface area (Å²) in [6.07, 6.45) is 3.26. The molecule has 1 aromatic carbocycles. The van der Waals surface area contributed by atoms with Gasteiger partial charge >= 0.3 is 0 Å². The number of carbonyl (C=O) groups excluding carboxylic acids is 1. The fourth-order valence-electron chi connectivity index (χ4n) is 2.12. The molecular formula is C14H11N3O3S. The minimum Gasteiger partial charge on any atom is -0.345 e. The Bertz CT molecular complexity index is 844. The van der Waals surface area contributed by atoms with E-state index in [0.717, 1.165) is 5.39 Å². The van der Waals surface area contributed by atoms with Gasteiger partial charge in [0, 0.05) is 34.6 Å². The van der Waals surface area contributed by atoms with Crippen molar-refractivity contribution in [2.45, 2.75) is 0 Å². The predicted molar refractivity (Wildman–Crippen MR) is 80.4 cm³/mol. The maximum Gasteiger partial charge on any atom is 0.259 e. The lowest BCUT2D eigenvalue weighted by molar-refractivity contribution is 0.104. The standard InChI is InChI=1S/C14H11N3O3S/c18-13(9-3-1-4-10(7-9)17-21(19)20)12-8-16-14-11(12)5-2-6-15-14/h1-8,17H,(H,15,16)(H,19,20). The highest BCUT2D eigenvalue weighted by atomic mass is 32.2. The smallest absolute Gasteiger partial charge is 0.259 e. The van der Waals surface area contributed by atoms with Gasteiger partial charge in [0.2, 0.25) is 0 Å². The summed E-state index contributed by atoms with van der Waals surface area (Å²) in [5.41, 5.74) is 1.99. The van der Waals surface area contributed by atoms with Gasteiger partial charge in [-0.05, 0) is 24.3 Å². The Balaban J connectivity index is 2.00. The van der Waals surface area contributed by atoms with Gasteiger partial charge in [-0.15, -0.1) is 0 Å². The lowest BCUT2D eigenvalue weighted by Gasteiger charge is -2.04. The molecule has 0 aliphatic carbocycles. The van der Waals surface area contributed by atoms with Crippen LogP contribution in [0.5, 0.6) is 0 Å². The summed E-state index contributed by atoms with van der Waals surface area (Å²) in [6, 6.07) is 10.0. The number of nitrogens with one attached hydrogen (secondary N) is 2. The van der Waals surface area contributed by atoms with Crippen LogP contribution in [0.3, 0.4) is 0 Å². The molecule has 0 aliphatic heterocycles. The van der Waals surface area contributed by atoms with Crippen LogP contribution in [0.2, 0.25) is 0 Å². The van der Waals surface area contributed by atoms with Crippen LogP contribution in [0.4, 0.5) is 5.69 Å². The third-order valence-electron chi connectivity index (χ3n) is 3.03. The number of nitrogens with zero attached hydrogens (tertiary/aromatic N) is 1. The number of carbonyl (C=O) groups is 1. The van der Waals surface area contributed by atoms with Gasteiger partial charge in [0.25, 0.3) is 11.3 Å². The molecular weight excluding hydrogens is 290 g/mol. The molecule has 6 nitrogen and oxygen atoms in total. The topological polar surface area (TPSA) is 95.1 Å². The summed E-state index contributed by atoms with van der Waals surface area (Å²) < 4.78 is 21.9. The van der Waals surface area contributed by atoms with Crippen molar-refractivity contribution in [3.8, 4) is 0 Å².